The number of amides is 2. The molecular formula is C28H33N3O5. The minimum absolute atomic E-state index is 0.0206. The molecule has 1 N–H and O–H groups in total. The third-order valence-electron chi connectivity index (χ3n) is 6.98. The Balaban J connectivity index is 1.40. The van der Waals surface area contributed by atoms with Gasteiger partial charge in [0, 0.05) is 39.1 Å². The number of para-hydroxylation sites is 1. The van der Waals surface area contributed by atoms with E-state index in [-0.39, 0.29) is 24.0 Å². The Morgan fingerprint density at radius 3 is 2.89 bits per heavy atom. The smallest absolute Gasteiger partial charge is 0.258 e. The molecule has 1 fully saturated rings. The molecule has 2 aromatic rings. The van der Waals surface area contributed by atoms with Crippen LogP contribution in [0.25, 0.3) is 0 Å². The zero-order valence-corrected chi connectivity index (χ0v) is 20.6. The first-order valence-corrected chi connectivity index (χ1v) is 12.6. The Labute approximate surface area is 211 Å². The molecule has 3 atom stereocenters. The summed E-state index contributed by atoms with van der Waals surface area (Å²) in [6, 6.07) is 14.6. The van der Waals surface area contributed by atoms with E-state index in [2.05, 4.69) is 16.3 Å². The van der Waals surface area contributed by atoms with Crippen molar-refractivity contribution in [3.8, 4) is 11.5 Å². The second kappa shape index (κ2) is 11.1. The van der Waals surface area contributed by atoms with Crippen molar-refractivity contribution in [1.82, 2.24) is 15.1 Å². The number of carbonyl (C=O) groups excluding carboxylic acids is 2. The number of fused-ring (bicyclic) bond motifs is 4. The molecule has 3 aliphatic rings. The lowest BCUT2D eigenvalue weighted by molar-refractivity contribution is -0.128. The van der Waals surface area contributed by atoms with Crippen LogP contribution in [0.2, 0.25) is 0 Å². The van der Waals surface area contributed by atoms with Crippen molar-refractivity contribution in [1.29, 1.82) is 0 Å². The molecule has 8 heteroatoms. The Morgan fingerprint density at radius 2 is 2.00 bits per heavy atom. The molecule has 0 spiro atoms. The molecule has 2 aromatic carbocycles. The fraction of sp³-hybridized carbons (Fsp3) is 0.429. The predicted molar refractivity (Wildman–Crippen MR) is 135 cm³/mol. The highest BCUT2D eigenvalue weighted by Gasteiger charge is 2.37. The third-order valence-corrected chi connectivity index (χ3v) is 6.98. The van der Waals surface area contributed by atoms with Gasteiger partial charge in [0.05, 0.1) is 31.5 Å². The number of carbonyl (C=O) groups is 2. The van der Waals surface area contributed by atoms with Crippen molar-refractivity contribution in [3.63, 3.8) is 0 Å². The van der Waals surface area contributed by atoms with E-state index >= 15 is 0 Å². The van der Waals surface area contributed by atoms with Crippen molar-refractivity contribution >= 4 is 11.8 Å². The Kier molecular flexibility index (Phi) is 7.53. The minimum Gasteiger partial charge on any atom is -0.497 e. The van der Waals surface area contributed by atoms with Crippen molar-refractivity contribution in [2.24, 2.45) is 0 Å². The summed E-state index contributed by atoms with van der Waals surface area (Å²) in [5, 5.41) is 3.05. The van der Waals surface area contributed by atoms with Crippen LogP contribution >= 0.6 is 0 Å². The summed E-state index contributed by atoms with van der Waals surface area (Å²) >= 11 is 0. The number of nitrogens with one attached hydrogen (secondary N) is 1. The topological polar surface area (TPSA) is 80.3 Å². The summed E-state index contributed by atoms with van der Waals surface area (Å²) in [5.74, 6) is 0.987. The number of hydrogen-bond donors (Lipinski definition) is 1. The molecule has 0 aliphatic carbocycles. The minimum atomic E-state index is -0.628. The molecule has 1 saturated heterocycles. The molecule has 0 saturated carbocycles. The quantitative estimate of drug-likeness (QED) is 0.665. The Bertz CT molecular complexity index is 1120. The van der Waals surface area contributed by atoms with Crippen molar-refractivity contribution in [2.45, 2.75) is 37.6 Å². The second-order valence-electron chi connectivity index (χ2n) is 9.44. The zero-order chi connectivity index (χ0) is 24.9. The maximum absolute atomic E-state index is 13.7. The highest BCUT2D eigenvalue weighted by Crippen LogP contribution is 2.25. The first-order chi connectivity index (χ1) is 17.6. The number of rotatable bonds is 3. The van der Waals surface area contributed by atoms with Crippen LogP contribution in [0.3, 0.4) is 0 Å². The number of benzene rings is 2. The van der Waals surface area contributed by atoms with Crippen molar-refractivity contribution in [2.75, 3.05) is 39.9 Å². The lowest BCUT2D eigenvalue weighted by atomic mass is 10.1. The van der Waals surface area contributed by atoms with Crippen LogP contribution in [0.5, 0.6) is 11.5 Å². The molecule has 3 aliphatic heterocycles. The molecule has 2 amide bonds. The SMILES string of the molecule is COc1cccc(CN2CCN3C(=O)c4ccccc4OCC[C@@H]4CC=C[C@@H](CNC(=O)[C@@H]3C2)O4)c1. The maximum atomic E-state index is 13.7. The van der Waals surface area contributed by atoms with Gasteiger partial charge in [-0.3, -0.25) is 14.5 Å². The largest absolute Gasteiger partial charge is 0.497 e. The fourth-order valence-electron chi connectivity index (χ4n) is 5.06. The molecular weight excluding hydrogens is 458 g/mol. The van der Waals surface area contributed by atoms with Crippen LogP contribution in [0.4, 0.5) is 0 Å². The van der Waals surface area contributed by atoms with E-state index in [4.69, 9.17) is 14.2 Å². The summed E-state index contributed by atoms with van der Waals surface area (Å²) in [4.78, 5) is 31.1. The Hall–Kier alpha value is -3.36. The molecule has 0 aromatic heterocycles. The highest BCUT2D eigenvalue weighted by molar-refractivity contribution is 6.00. The summed E-state index contributed by atoms with van der Waals surface area (Å²) in [7, 11) is 1.65. The highest BCUT2D eigenvalue weighted by atomic mass is 16.5. The molecule has 5 rings (SSSR count). The average Bonchev–Trinajstić information content (AvgIpc) is 2.91. The van der Waals surface area contributed by atoms with Crippen LogP contribution < -0.4 is 14.8 Å². The van der Waals surface area contributed by atoms with Gasteiger partial charge in [-0.2, -0.15) is 0 Å². The van der Waals surface area contributed by atoms with E-state index in [1.165, 1.54) is 0 Å². The van der Waals surface area contributed by atoms with Gasteiger partial charge in [-0.05, 0) is 36.2 Å². The van der Waals surface area contributed by atoms with E-state index in [1.807, 2.05) is 48.5 Å². The molecule has 0 radical (unpaired) electrons. The van der Waals surface area contributed by atoms with Crippen molar-refractivity contribution in [3.05, 3.63) is 71.8 Å². The molecule has 8 nitrogen and oxygen atoms in total. The van der Waals surface area contributed by atoms with Gasteiger partial charge < -0.3 is 24.4 Å². The van der Waals surface area contributed by atoms with E-state index in [0.717, 1.165) is 17.7 Å². The number of hydrogen-bond acceptors (Lipinski definition) is 6. The van der Waals surface area contributed by atoms with E-state index < -0.39 is 6.04 Å². The number of nitrogens with zero attached hydrogens (tertiary/aromatic N) is 2. The molecule has 36 heavy (non-hydrogen) atoms. The van der Waals surface area contributed by atoms with Gasteiger partial charge in [0.2, 0.25) is 5.91 Å². The lowest BCUT2D eigenvalue weighted by Crippen LogP contribution is -2.61. The maximum Gasteiger partial charge on any atom is 0.258 e. The lowest BCUT2D eigenvalue weighted by Gasteiger charge is -2.41. The van der Waals surface area contributed by atoms with Gasteiger partial charge in [-0.15, -0.1) is 0 Å². The standard InChI is InChI=1S/C28H33N3O5/c1-34-22-8-4-6-20(16-22)18-30-13-14-31-25(19-30)27(32)29-17-23-9-5-7-21(36-23)12-15-35-26-11-3-2-10-24(26)28(31)33/h2-6,8-11,16,21,23,25H,7,12-15,17-19H2,1H3,(H,29,32)/t21-,23-,25-/m0/s1. The first-order valence-electron chi connectivity index (χ1n) is 12.6. The van der Waals surface area contributed by atoms with E-state index in [9.17, 15) is 9.59 Å². The van der Waals surface area contributed by atoms with Crippen LogP contribution in [-0.2, 0) is 16.1 Å². The summed E-state index contributed by atoms with van der Waals surface area (Å²) < 4.78 is 17.6. The molecule has 3 heterocycles. The molecule has 190 valence electrons. The summed E-state index contributed by atoms with van der Waals surface area (Å²) in [6.45, 7) is 3.03. The second-order valence-corrected chi connectivity index (χ2v) is 9.44. The first kappa shape index (κ1) is 24.3. The number of ether oxygens (including phenoxy) is 3. The predicted octanol–water partition coefficient (Wildman–Crippen LogP) is 2.63. The molecule has 2 bridgehead atoms. The number of piperazine rings is 1. The monoisotopic (exact) mass is 491 g/mol. The van der Waals surface area contributed by atoms with Gasteiger partial charge in [-0.1, -0.05) is 36.4 Å². The number of methoxy groups -OCH3 is 1. The normalized spacial score (nSPS) is 25.1. The van der Waals surface area contributed by atoms with Crippen LogP contribution in [0.1, 0.15) is 28.8 Å². The van der Waals surface area contributed by atoms with E-state index in [0.29, 0.717) is 57.1 Å². The van der Waals surface area contributed by atoms with Gasteiger partial charge in [0.1, 0.15) is 17.5 Å². The van der Waals surface area contributed by atoms with Gasteiger partial charge >= 0.3 is 0 Å². The summed E-state index contributed by atoms with van der Waals surface area (Å²) in [5.41, 5.74) is 1.58. The van der Waals surface area contributed by atoms with Crippen LogP contribution in [-0.4, -0.2) is 79.8 Å². The van der Waals surface area contributed by atoms with Crippen molar-refractivity contribution < 1.29 is 23.8 Å². The van der Waals surface area contributed by atoms with Gasteiger partial charge in [0.15, 0.2) is 0 Å². The van der Waals surface area contributed by atoms with Crippen LogP contribution in [0, 0.1) is 0 Å². The average molecular weight is 492 g/mol. The fourth-order valence-corrected chi connectivity index (χ4v) is 5.06. The van der Waals surface area contributed by atoms with E-state index in [1.54, 1.807) is 18.1 Å². The van der Waals surface area contributed by atoms with Crippen LogP contribution in [0.15, 0.2) is 60.7 Å². The molecule has 0 unspecified atom stereocenters. The zero-order valence-electron chi connectivity index (χ0n) is 20.6. The summed E-state index contributed by atoms with van der Waals surface area (Å²) in [6.07, 6.45) is 5.46. The van der Waals surface area contributed by atoms with Gasteiger partial charge in [0.25, 0.3) is 5.91 Å². The third kappa shape index (κ3) is 5.55. The Morgan fingerprint density at radius 1 is 1.11 bits per heavy atom. The van der Waals surface area contributed by atoms with Gasteiger partial charge in [-0.25, -0.2) is 0 Å².